The van der Waals surface area contributed by atoms with Crippen molar-refractivity contribution in [1.82, 2.24) is 0 Å². The van der Waals surface area contributed by atoms with Gasteiger partial charge in [0, 0.05) is 0 Å². The molecule has 0 saturated heterocycles. The van der Waals surface area contributed by atoms with Gasteiger partial charge >= 0.3 is 0 Å². The van der Waals surface area contributed by atoms with Crippen LogP contribution in [0.25, 0.3) is 0 Å². The van der Waals surface area contributed by atoms with Crippen LogP contribution >= 0.6 is 42.4 Å². The summed E-state index contributed by atoms with van der Waals surface area (Å²) in [5, 5.41) is 0. The fourth-order valence-electron chi connectivity index (χ4n) is 0. The first-order valence-corrected chi connectivity index (χ1v) is 10.1. The lowest BCUT2D eigenvalue weighted by Gasteiger charge is -2.02. The lowest BCUT2D eigenvalue weighted by molar-refractivity contribution is 1.54. The molecular weight excluding hydrogens is 342 g/mol. The van der Waals surface area contributed by atoms with Gasteiger partial charge in [0.15, 0.2) is 0 Å². The van der Waals surface area contributed by atoms with Crippen molar-refractivity contribution in [2.75, 3.05) is 5.75 Å². The number of halogens is 2. The van der Waals surface area contributed by atoms with Crippen LogP contribution in [0.1, 0.15) is 6.92 Å². The highest BCUT2D eigenvalue weighted by molar-refractivity contribution is 14.3. The normalized spacial score (nSPS) is 14.5. The molecule has 0 saturated carbocycles. The zero-order valence-electron chi connectivity index (χ0n) is 3.32. The van der Waals surface area contributed by atoms with Gasteiger partial charge in [0.05, 0.1) is 0 Å². The van der Waals surface area contributed by atoms with Crippen molar-refractivity contribution in [3.05, 3.63) is 0 Å². The van der Waals surface area contributed by atoms with Crippen molar-refractivity contribution in [1.29, 1.82) is 0 Å². The largest absolute Gasteiger partial charge is 0.111 e. The number of rotatable bonds is 1. The van der Waals surface area contributed by atoms with Crippen molar-refractivity contribution < 1.29 is 0 Å². The molecule has 0 heterocycles. The molecule has 4 heteroatoms. The molecule has 0 aliphatic rings. The van der Waals surface area contributed by atoms with E-state index in [1.165, 1.54) is 5.75 Å². The fourth-order valence-corrected chi connectivity index (χ4v) is 0. The van der Waals surface area contributed by atoms with E-state index in [4.69, 9.17) is 11.2 Å². The number of hydrogen-bond donors (Lipinski definition) is 1. The first kappa shape index (κ1) is 8.03. The van der Waals surface area contributed by atoms with E-state index in [2.05, 4.69) is 49.3 Å². The summed E-state index contributed by atoms with van der Waals surface area (Å²) in [4.78, 5) is 0. The summed E-state index contributed by atoms with van der Waals surface area (Å²) >= 11 is 9.78. The molecule has 0 bridgehead atoms. The smallest absolute Gasteiger partial charge is 0.00684 e. The zero-order valence-corrected chi connectivity index (χ0v) is 9.34. The molecule has 0 aromatic rings. The monoisotopic (exact) mass is 348 g/mol. The Kier molecular flexibility index (Phi) is 4.20. The molecule has 0 aromatic heterocycles. The number of thiol groups is 1. The molecule has 0 spiro atoms. The molecule has 0 amide bonds. The average Bonchev–Trinajstić information content (AvgIpc) is 1.35. The molecule has 6 heavy (non-hydrogen) atoms. The maximum atomic E-state index is 5.07. The molecule has 40 valence electrons. The van der Waals surface area contributed by atoms with Crippen molar-refractivity contribution in [3.8, 4) is 0 Å². The van der Waals surface area contributed by atoms with Crippen LogP contribution in [-0.4, -0.2) is 5.75 Å². The summed E-state index contributed by atoms with van der Waals surface area (Å²) in [6.07, 6.45) is 0. The van der Waals surface area contributed by atoms with Gasteiger partial charge in [0.25, 0.3) is 0 Å². The molecule has 0 N–H and O–H groups in total. The van der Waals surface area contributed by atoms with Gasteiger partial charge in [-0.2, -0.15) is 0 Å². The maximum absolute atomic E-state index is 5.07. The SMILES string of the molecule is CC[SH](=S)(I)I. The van der Waals surface area contributed by atoms with Crippen LogP contribution in [0.4, 0.5) is 0 Å². The molecule has 0 rings (SSSR count). The summed E-state index contributed by atoms with van der Waals surface area (Å²) in [5.74, 6) is 1.17. The van der Waals surface area contributed by atoms with Crippen LogP contribution in [0.2, 0.25) is 0 Å². The van der Waals surface area contributed by atoms with E-state index in [0.29, 0.717) is 0 Å². The second-order valence-corrected chi connectivity index (χ2v) is 23.9. The minimum atomic E-state index is -0.873. The Labute approximate surface area is 68.2 Å². The molecule has 0 aliphatic carbocycles. The highest BCUT2D eigenvalue weighted by Gasteiger charge is 1.90. The Balaban J connectivity index is 3.48. The summed E-state index contributed by atoms with van der Waals surface area (Å²) in [5.41, 5.74) is 0. The average molecular weight is 348 g/mol. The molecule has 0 unspecified atom stereocenters. The quantitative estimate of drug-likeness (QED) is 0.430. The van der Waals surface area contributed by atoms with Gasteiger partial charge in [-0.1, -0.05) is 18.1 Å². The Morgan fingerprint density at radius 3 is 1.83 bits per heavy atom. The van der Waals surface area contributed by atoms with E-state index in [-0.39, 0.29) is 0 Å². The van der Waals surface area contributed by atoms with Crippen LogP contribution in [0, 0.1) is 0 Å². The molecule has 0 atom stereocenters. The second kappa shape index (κ2) is 3.13. The predicted octanol–water partition coefficient (Wildman–Crippen LogP) is 2.05. The summed E-state index contributed by atoms with van der Waals surface area (Å²) < 4.78 is -0.873. The van der Waals surface area contributed by atoms with Crippen LogP contribution in [0.5, 0.6) is 0 Å². The summed E-state index contributed by atoms with van der Waals surface area (Å²) in [6, 6.07) is 0. The van der Waals surface area contributed by atoms with Gasteiger partial charge in [-0.3, -0.25) is 0 Å². The van der Waals surface area contributed by atoms with Crippen LogP contribution in [0.3, 0.4) is 0 Å². The summed E-state index contributed by atoms with van der Waals surface area (Å²) in [6.45, 7) is 2.14. The van der Waals surface area contributed by atoms with E-state index in [1.54, 1.807) is 0 Å². The molecule has 0 fully saturated rings. The van der Waals surface area contributed by atoms with Crippen molar-refractivity contribution in [2.24, 2.45) is 0 Å². The third-order valence-corrected chi connectivity index (χ3v) is 5.97. The van der Waals surface area contributed by atoms with E-state index < -0.39 is 2.93 Å². The molecule has 0 radical (unpaired) electrons. The highest BCUT2D eigenvalue weighted by Crippen LogP contribution is 2.23. The third kappa shape index (κ3) is 6.03. The third-order valence-electron chi connectivity index (χ3n) is 0.368. The van der Waals surface area contributed by atoms with Crippen LogP contribution in [-0.2, 0) is 14.1 Å². The first-order valence-electron chi connectivity index (χ1n) is 1.54. The Morgan fingerprint density at radius 2 is 1.83 bits per heavy atom. The lowest BCUT2D eigenvalue weighted by Crippen LogP contribution is -1.86. The minimum absolute atomic E-state index is 0.873. The van der Waals surface area contributed by atoms with E-state index in [1.807, 2.05) is 0 Å². The topological polar surface area (TPSA) is 0 Å². The highest BCUT2D eigenvalue weighted by atomic mass is 127. The van der Waals surface area contributed by atoms with Gasteiger partial charge in [0.1, 0.15) is 0 Å². The van der Waals surface area contributed by atoms with E-state index in [0.717, 1.165) is 0 Å². The molecule has 0 aromatic carbocycles. The van der Waals surface area contributed by atoms with Crippen molar-refractivity contribution >= 4 is 56.5 Å². The van der Waals surface area contributed by atoms with Crippen molar-refractivity contribution in [3.63, 3.8) is 0 Å². The second-order valence-electron chi connectivity index (χ2n) is 0.886. The van der Waals surface area contributed by atoms with Crippen molar-refractivity contribution in [2.45, 2.75) is 6.92 Å². The van der Waals surface area contributed by atoms with Gasteiger partial charge in [-0.25, -0.2) is 0 Å². The summed E-state index contributed by atoms with van der Waals surface area (Å²) in [7, 11) is 0. The molecule has 0 aliphatic heterocycles. The van der Waals surface area contributed by atoms with Gasteiger partial charge < -0.3 is 0 Å². The van der Waals surface area contributed by atoms with Crippen LogP contribution in [0.15, 0.2) is 0 Å². The first-order chi connectivity index (χ1) is 2.56. The van der Waals surface area contributed by atoms with Gasteiger partial charge in [-0.05, 0) is 48.2 Å². The molecular formula is C2H6I2S2. The minimum Gasteiger partial charge on any atom is -0.111 e. The lowest BCUT2D eigenvalue weighted by atomic mass is 11.0. The van der Waals surface area contributed by atoms with E-state index >= 15 is 0 Å². The molecule has 0 nitrogen and oxygen atoms in total. The zero-order chi connectivity index (χ0) is 5.21. The van der Waals surface area contributed by atoms with Gasteiger partial charge in [-0.15, -0.1) is 2.93 Å². The standard InChI is InChI=1S/C2H6I2S2/c1-2-6(3,4)5/h6H,2H2,1H3. The fraction of sp³-hybridized carbons (Fsp3) is 1.00. The Morgan fingerprint density at radius 1 is 1.67 bits per heavy atom. The van der Waals surface area contributed by atoms with Gasteiger partial charge in [0.2, 0.25) is 0 Å². The van der Waals surface area contributed by atoms with E-state index in [9.17, 15) is 0 Å². The Hall–Kier alpha value is 2.03. The maximum Gasteiger partial charge on any atom is -0.00684 e. The number of hydrogen-bond acceptors (Lipinski definition) is 1. The predicted molar refractivity (Wildman–Crippen MR) is 54.7 cm³/mol. The Bertz CT molecular complexity index is 73.6. The van der Waals surface area contributed by atoms with Crippen LogP contribution < -0.4 is 0 Å².